The monoisotopic (exact) mass is 177 g/mol. The molecule has 0 bridgehead atoms. The molecule has 1 rings (SSSR count). The van der Waals surface area contributed by atoms with Gasteiger partial charge in [0.1, 0.15) is 0 Å². The van der Waals surface area contributed by atoms with Crippen molar-refractivity contribution in [2.24, 2.45) is 0 Å². The minimum atomic E-state index is -0.500. The van der Waals surface area contributed by atoms with Crippen LogP contribution in [0.1, 0.15) is 41.0 Å². The molecule has 12 heavy (non-hydrogen) atoms. The van der Waals surface area contributed by atoms with Crippen molar-refractivity contribution in [3.05, 3.63) is 0 Å². The zero-order valence-electron chi connectivity index (χ0n) is 7.67. The van der Waals surface area contributed by atoms with Crippen molar-refractivity contribution in [1.29, 1.82) is 0 Å². The largest absolute Gasteiger partial charge is 0.391 e. The molecule has 0 spiro atoms. The van der Waals surface area contributed by atoms with Gasteiger partial charge in [0, 0.05) is 13.1 Å². The molecule has 76 valence electrons. The molecule has 1 heterocycles. The SMILES string of the molecule is C.CC(C)(C)O.ON1CCCC1. The second-order valence-corrected chi connectivity index (χ2v) is 3.83. The first-order valence-electron chi connectivity index (χ1n) is 4.06. The van der Waals surface area contributed by atoms with Crippen LogP contribution in [0.15, 0.2) is 0 Å². The minimum Gasteiger partial charge on any atom is -0.391 e. The molecule has 1 fully saturated rings. The fraction of sp³-hybridized carbons (Fsp3) is 1.00. The first-order chi connectivity index (χ1) is 4.89. The van der Waals surface area contributed by atoms with E-state index in [2.05, 4.69) is 0 Å². The fourth-order valence-corrected chi connectivity index (χ4v) is 0.700. The molecule has 2 N–H and O–H groups in total. The minimum absolute atomic E-state index is 0. The Kier molecular flexibility index (Phi) is 7.69. The predicted octanol–water partition coefficient (Wildman–Crippen LogP) is 1.88. The van der Waals surface area contributed by atoms with Crippen molar-refractivity contribution in [2.75, 3.05) is 13.1 Å². The molecule has 1 saturated heterocycles. The Bertz CT molecular complexity index is 87.2. The lowest BCUT2D eigenvalue weighted by Gasteiger charge is -2.04. The van der Waals surface area contributed by atoms with E-state index in [-0.39, 0.29) is 7.43 Å². The Morgan fingerprint density at radius 3 is 1.42 bits per heavy atom. The van der Waals surface area contributed by atoms with Crippen LogP contribution < -0.4 is 0 Å². The second-order valence-electron chi connectivity index (χ2n) is 3.83. The molecular weight excluding hydrogens is 154 g/mol. The Labute approximate surface area is 76.0 Å². The molecule has 1 aliphatic heterocycles. The highest BCUT2D eigenvalue weighted by Crippen LogP contribution is 2.01. The quantitative estimate of drug-likeness (QED) is 0.594. The van der Waals surface area contributed by atoms with Gasteiger partial charge in [0.25, 0.3) is 0 Å². The van der Waals surface area contributed by atoms with Crippen LogP contribution in [0.2, 0.25) is 0 Å². The highest BCUT2D eigenvalue weighted by molar-refractivity contribution is 4.54. The molecule has 0 aliphatic carbocycles. The van der Waals surface area contributed by atoms with E-state index in [0.29, 0.717) is 0 Å². The van der Waals surface area contributed by atoms with Crippen molar-refractivity contribution in [3.8, 4) is 0 Å². The summed E-state index contributed by atoms with van der Waals surface area (Å²) in [5, 5.41) is 18.4. The molecule has 0 aromatic rings. The average molecular weight is 177 g/mol. The summed E-state index contributed by atoms with van der Waals surface area (Å²) >= 11 is 0. The van der Waals surface area contributed by atoms with Gasteiger partial charge in [0.05, 0.1) is 5.60 Å². The lowest BCUT2D eigenvalue weighted by atomic mass is 10.2. The zero-order valence-corrected chi connectivity index (χ0v) is 7.67. The maximum atomic E-state index is 8.56. The molecular formula is C9H23NO2. The van der Waals surface area contributed by atoms with E-state index in [4.69, 9.17) is 10.3 Å². The van der Waals surface area contributed by atoms with Gasteiger partial charge >= 0.3 is 0 Å². The molecule has 0 saturated carbocycles. The van der Waals surface area contributed by atoms with Crippen LogP contribution in [-0.2, 0) is 0 Å². The van der Waals surface area contributed by atoms with E-state index in [0.717, 1.165) is 25.9 Å². The molecule has 0 radical (unpaired) electrons. The zero-order chi connectivity index (χ0) is 8.91. The molecule has 3 heteroatoms. The van der Waals surface area contributed by atoms with Crippen LogP contribution in [0.3, 0.4) is 0 Å². The summed E-state index contributed by atoms with van der Waals surface area (Å²) in [6.45, 7) is 6.98. The third-order valence-corrected chi connectivity index (χ3v) is 1.08. The van der Waals surface area contributed by atoms with E-state index in [1.165, 1.54) is 5.06 Å². The average Bonchev–Trinajstić information content (AvgIpc) is 2.12. The standard InChI is InChI=1S/C4H9NO.C4H10O.CH4/c6-5-3-1-2-4-5;1-4(2,3)5;/h6H,1-4H2;5H,1-3H3;1H4. The van der Waals surface area contributed by atoms with Crippen molar-refractivity contribution in [1.82, 2.24) is 5.06 Å². The van der Waals surface area contributed by atoms with Crippen LogP contribution in [-0.4, -0.2) is 34.1 Å². The second kappa shape index (κ2) is 6.40. The van der Waals surface area contributed by atoms with Crippen molar-refractivity contribution < 1.29 is 10.3 Å². The number of hydrogen-bond donors (Lipinski definition) is 2. The smallest absolute Gasteiger partial charge is 0.0563 e. The maximum Gasteiger partial charge on any atom is 0.0563 e. The topological polar surface area (TPSA) is 43.7 Å². The molecule has 0 amide bonds. The summed E-state index contributed by atoms with van der Waals surface area (Å²) in [6.07, 6.45) is 2.33. The predicted molar refractivity (Wildman–Crippen MR) is 51.3 cm³/mol. The Morgan fingerprint density at radius 1 is 1.08 bits per heavy atom. The number of hydrogen-bond acceptors (Lipinski definition) is 3. The van der Waals surface area contributed by atoms with E-state index in [1.807, 2.05) is 0 Å². The highest BCUT2D eigenvalue weighted by Gasteiger charge is 2.05. The first kappa shape index (κ1) is 14.4. The summed E-state index contributed by atoms with van der Waals surface area (Å²) in [5.41, 5.74) is -0.500. The van der Waals surface area contributed by atoms with Gasteiger partial charge in [-0.1, -0.05) is 7.43 Å². The van der Waals surface area contributed by atoms with E-state index < -0.39 is 5.60 Å². The van der Waals surface area contributed by atoms with Crippen molar-refractivity contribution in [3.63, 3.8) is 0 Å². The molecule has 0 aromatic heterocycles. The van der Waals surface area contributed by atoms with Gasteiger partial charge in [-0.25, -0.2) is 0 Å². The van der Waals surface area contributed by atoms with Crippen molar-refractivity contribution >= 4 is 0 Å². The van der Waals surface area contributed by atoms with Crippen LogP contribution in [0, 0.1) is 0 Å². The lowest BCUT2D eigenvalue weighted by molar-refractivity contribution is -0.0678. The maximum absolute atomic E-state index is 8.56. The summed E-state index contributed by atoms with van der Waals surface area (Å²) in [4.78, 5) is 0. The van der Waals surface area contributed by atoms with E-state index in [1.54, 1.807) is 20.8 Å². The van der Waals surface area contributed by atoms with Gasteiger partial charge < -0.3 is 10.3 Å². The van der Waals surface area contributed by atoms with Gasteiger partial charge in [-0.05, 0) is 33.6 Å². The van der Waals surface area contributed by atoms with Gasteiger partial charge in [-0.2, -0.15) is 5.06 Å². The summed E-state index contributed by atoms with van der Waals surface area (Å²) < 4.78 is 0. The first-order valence-corrected chi connectivity index (χ1v) is 4.06. The van der Waals surface area contributed by atoms with E-state index in [9.17, 15) is 0 Å². The van der Waals surface area contributed by atoms with Crippen LogP contribution in [0.5, 0.6) is 0 Å². The summed E-state index contributed by atoms with van der Waals surface area (Å²) in [7, 11) is 0. The molecule has 0 aromatic carbocycles. The number of nitrogens with zero attached hydrogens (tertiary/aromatic N) is 1. The van der Waals surface area contributed by atoms with Gasteiger partial charge in [0.2, 0.25) is 0 Å². The fourth-order valence-electron chi connectivity index (χ4n) is 0.700. The van der Waals surface area contributed by atoms with E-state index >= 15 is 0 Å². The van der Waals surface area contributed by atoms with Gasteiger partial charge in [0.15, 0.2) is 0 Å². The van der Waals surface area contributed by atoms with Gasteiger partial charge in [-0.15, -0.1) is 0 Å². The number of rotatable bonds is 0. The third-order valence-electron chi connectivity index (χ3n) is 1.08. The molecule has 1 aliphatic rings. The van der Waals surface area contributed by atoms with Crippen molar-refractivity contribution in [2.45, 2.75) is 46.6 Å². The normalized spacial score (nSPS) is 17.8. The summed E-state index contributed by atoms with van der Waals surface area (Å²) in [5.74, 6) is 0. The van der Waals surface area contributed by atoms with Crippen LogP contribution >= 0.6 is 0 Å². The number of aliphatic hydroxyl groups is 1. The van der Waals surface area contributed by atoms with Crippen LogP contribution in [0.4, 0.5) is 0 Å². The molecule has 0 atom stereocenters. The Hall–Kier alpha value is -0.120. The van der Waals surface area contributed by atoms with Gasteiger partial charge in [-0.3, -0.25) is 0 Å². The Balaban J connectivity index is 0. The molecule has 3 nitrogen and oxygen atoms in total. The number of hydroxylamine groups is 2. The Morgan fingerprint density at radius 2 is 1.33 bits per heavy atom. The third kappa shape index (κ3) is 16.5. The molecule has 0 unspecified atom stereocenters. The highest BCUT2D eigenvalue weighted by atomic mass is 16.5. The summed E-state index contributed by atoms with van der Waals surface area (Å²) in [6, 6.07) is 0. The van der Waals surface area contributed by atoms with Crippen LogP contribution in [0.25, 0.3) is 0 Å². The lowest BCUT2D eigenvalue weighted by Crippen LogP contribution is -2.11.